The van der Waals surface area contributed by atoms with Crippen LogP contribution in [-0.2, 0) is 0 Å². The number of hydrogen-bond donors (Lipinski definition) is 2. The molecule has 0 bridgehead atoms. The van der Waals surface area contributed by atoms with E-state index >= 15 is 0 Å². The summed E-state index contributed by atoms with van der Waals surface area (Å²) in [5.41, 5.74) is 1.26. The van der Waals surface area contributed by atoms with Crippen LogP contribution < -0.4 is 5.32 Å². The first-order valence-electron chi connectivity index (χ1n) is 4.11. The fourth-order valence-corrected chi connectivity index (χ4v) is 2.85. The summed E-state index contributed by atoms with van der Waals surface area (Å²) in [6, 6.07) is 0. The second-order valence-electron chi connectivity index (χ2n) is 3.03. The van der Waals surface area contributed by atoms with Crippen molar-refractivity contribution in [1.29, 1.82) is 0 Å². The van der Waals surface area contributed by atoms with Crippen LogP contribution in [0.5, 0.6) is 0 Å². The molecule has 1 atom stereocenters. The summed E-state index contributed by atoms with van der Waals surface area (Å²) in [7, 11) is 0. The highest BCUT2D eigenvalue weighted by Gasteiger charge is 2.23. The quantitative estimate of drug-likeness (QED) is 0.563. The molecular weight excluding hydrogens is 158 g/mol. The molecule has 0 aromatic rings. The Kier molecular flexibility index (Phi) is 2.20. The molecule has 2 rings (SSSR count). The Labute approximate surface area is 71.1 Å². The predicted octanol–water partition coefficient (Wildman–Crippen LogP) is 0.732. The molecule has 0 aliphatic carbocycles. The fourth-order valence-electron chi connectivity index (χ4n) is 1.62. The van der Waals surface area contributed by atoms with Gasteiger partial charge in [0.1, 0.15) is 0 Å². The molecule has 0 saturated heterocycles. The molecule has 62 valence electrons. The smallest absolute Gasteiger partial charge is 0.0781 e. The maximum atomic E-state index is 9.59. The summed E-state index contributed by atoms with van der Waals surface area (Å²) in [5.74, 6) is 1.10. The van der Waals surface area contributed by atoms with Gasteiger partial charge in [0.05, 0.1) is 6.10 Å². The highest BCUT2D eigenvalue weighted by Crippen LogP contribution is 2.33. The van der Waals surface area contributed by atoms with Gasteiger partial charge in [0.15, 0.2) is 0 Å². The minimum absolute atomic E-state index is 0.154. The molecular formula is C8H13NOS. The van der Waals surface area contributed by atoms with Gasteiger partial charge in [0.25, 0.3) is 0 Å². The third-order valence-corrected chi connectivity index (χ3v) is 3.53. The van der Waals surface area contributed by atoms with E-state index in [1.54, 1.807) is 0 Å². The van der Waals surface area contributed by atoms with Gasteiger partial charge in [0.2, 0.25) is 0 Å². The topological polar surface area (TPSA) is 32.3 Å². The summed E-state index contributed by atoms with van der Waals surface area (Å²) < 4.78 is 0. The van der Waals surface area contributed by atoms with Gasteiger partial charge in [-0.1, -0.05) is 0 Å². The zero-order valence-corrected chi connectivity index (χ0v) is 7.28. The number of rotatable bonds is 0. The highest BCUT2D eigenvalue weighted by molar-refractivity contribution is 8.03. The van der Waals surface area contributed by atoms with E-state index in [4.69, 9.17) is 0 Å². The molecule has 2 aliphatic heterocycles. The standard InChI is InChI=1S/C8H13NOS/c10-7-2-4-11-8-1-3-9-5-6(7)8/h7,9-10H,1-5H2. The lowest BCUT2D eigenvalue weighted by molar-refractivity contribution is 0.201. The van der Waals surface area contributed by atoms with Crippen LogP contribution in [0.3, 0.4) is 0 Å². The molecule has 1 unspecified atom stereocenters. The van der Waals surface area contributed by atoms with Crippen LogP contribution in [0.4, 0.5) is 0 Å². The van der Waals surface area contributed by atoms with E-state index < -0.39 is 0 Å². The van der Waals surface area contributed by atoms with Crippen molar-refractivity contribution in [2.24, 2.45) is 0 Å². The number of nitrogens with one attached hydrogen (secondary N) is 1. The van der Waals surface area contributed by atoms with Gasteiger partial charge in [0, 0.05) is 12.3 Å². The average molecular weight is 171 g/mol. The Morgan fingerprint density at radius 3 is 3.27 bits per heavy atom. The average Bonchev–Trinajstić information content (AvgIpc) is 2.06. The van der Waals surface area contributed by atoms with E-state index in [0.29, 0.717) is 0 Å². The monoisotopic (exact) mass is 171 g/mol. The second kappa shape index (κ2) is 3.17. The highest BCUT2D eigenvalue weighted by atomic mass is 32.2. The predicted molar refractivity (Wildman–Crippen MR) is 47.6 cm³/mol. The Bertz CT molecular complexity index is 187. The zero-order valence-electron chi connectivity index (χ0n) is 6.47. The molecule has 0 spiro atoms. The van der Waals surface area contributed by atoms with E-state index in [1.165, 1.54) is 10.5 Å². The third kappa shape index (κ3) is 1.45. The summed E-state index contributed by atoms with van der Waals surface area (Å²) in [6.07, 6.45) is 1.90. The molecule has 2 heterocycles. The van der Waals surface area contributed by atoms with Gasteiger partial charge in [-0.3, -0.25) is 0 Å². The summed E-state index contributed by atoms with van der Waals surface area (Å²) in [6.45, 7) is 1.99. The van der Waals surface area contributed by atoms with Gasteiger partial charge in [-0.15, -0.1) is 11.8 Å². The Hall–Kier alpha value is 0.01000. The fraction of sp³-hybridized carbons (Fsp3) is 0.750. The number of thioether (sulfide) groups is 1. The van der Waals surface area contributed by atoms with Crippen LogP contribution in [0.1, 0.15) is 12.8 Å². The third-order valence-electron chi connectivity index (χ3n) is 2.27. The Morgan fingerprint density at radius 1 is 1.55 bits per heavy atom. The lowest BCUT2D eigenvalue weighted by Gasteiger charge is -2.28. The zero-order chi connectivity index (χ0) is 7.68. The van der Waals surface area contributed by atoms with Gasteiger partial charge >= 0.3 is 0 Å². The second-order valence-corrected chi connectivity index (χ2v) is 4.22. The first kappa shape index (κ1) is 7.65. The number of aliphatic hydroxyl groups excluding tert-OH is 1. The van der Waals surface area contributed by atoms with Crippen LogP contribution in [-0.4, -0.2) is 30.1 Å². The molecule has 3 heteroatoms. The van der Waals surface area contributed by atoms with Gasteiger partial charge in [-0.2, -0.15) is 0 Å². The lowest BCUT2D eigenvalue weighted by Crippen LogP contribution is -2.32. The summed E-state index contributed by atoms with van der Waals surface area (Å²) >= 11 is 1.93. The van der Waals surface area contributed by atoms with Crippen LogP contribution >= 0.6 is 11.8 Å². The largest absolute Gasteiger partial charge is 0.389 e. The molecule has 0 aromatic heterocycles. The van der Waals surface area contributed by atoms with Crippen molar-refractivity contribution >= 4 is 11.8 Å². The van der Waals surface area contributed by atoms with Crippen LogP contribution in [0.2, 0.25) is 0 Å². The van der Waals surface area contributed by atoms with E-state index in [-0.39, 0.29) is 6.10 Å². The first-order chi connectivity index (χ1) is 5.38. The molecule has 0 aromatic carbocycles. The number of hydrogen-bond acceptors (Lipinski definition) is 3. The van der Waals surface area contributed by atoms with E-state index in [0.717, 1.165) is 31.7 Å². The minimum Gasteiger partial charge on any atom is -0.389 e. The van der Waals surface area contributed by atoms with Crippen molar-refractivity contribution in [2.45, 2.75) is 18.9 Å². The van der Waals surface area contributed by atoms with Gasteiger partial charge in [-0.25, -0.2) is 0 Å². The molecule has 0 radical (unpaired) electrons. The first-order valence-corrected chi connectivity index (χ1v) is 5.10. The van der Waals surface area contributed by atoms with Crippen molar-refractivity contribution in [1.82, 2.24) is 5.32 Å². The van der Waals surface area contributed by atoms with Crippen molar-refractivity contribution < 1.29 is 5.11 Å². The van der Waals surface area contributed by atoms with Crippen molar-refractivity contribution in [3.05, 3.63) is 10.5 Å². The Balaban J connectivity index is 2.21. The van der Waals surface area contributed by atoms with E-state index in [1.807, 2.05) is 11.8 Å². The summed E-state index contributed by atoms with van der Waals surface area (Å²) in [4.78, 5) is 1.45. The van der Waals surface area contributed by atoms with Crippen LogP contribution in [0.25, 0.3) is 0 Å². The van der Waals surface area contributed by atoms with E-state index in [2.05, 4.69) is 5.32 Å². The molecule has 2 aliphatic rings. The van der Waals surface area contributed by atoms with Crippen LogP contribution in [0.15, 0.2) is 10.5 Å². The minimum atomic E-state index is -0.154. The van der Waals surface area contributed by atoms with Crippen molar-refractivity contribution in [2.75, 3.05) is 18.8 Å². The molecule has 0 amide bonds. The molecule has 11 heavy (non-hydrogen) atoms. The Morgan fingerprint density at radius 2 is 2.45 bits per heavy atom. The SMILES string of the molecule is OC1CCSC2=C1CNCC2. The molecule has 0 fully saturated rings. The maximum Gasteiger partial charge on any atom is 0.0781 e. The van der Waals surface area contributed by atoms with E-state index in [9.17, 15) is 5.11 Å². The molecule has 0 saturated carbocycles. The van der Waals surface area contributed by atoms with Crippen LogP contribution in [0, 0.1) is 0 Å². The van der Waals surface area contributed by atoms with Gasteiger partial charge in [-0.05, 0) is 29.9 Å². The summed E-state index contributed by atoms with van der Waals surface area (Å²) in [5, 5.41) is 12.9. The maximum absolute atomic E-state index is 9.59. The lowest BCUT2D eigenvalue weighted by atomic mass is 10.0. The molecule has 2 nitrogen and oxygen atoms in total. The number of aliphatic hydroxyl groups is 1. The van der Waals surface area contributed by atoms with Crippen molar-refractivity contribution in [3.8, 4) is 0 Å². The normalized spacial score (nSPS) is 31.9. The molecule has 2 N–H and O–H groups in total. The van der Waals surface area contributed by atoms with Gasteiger partial charge < -0.3 is 10.4 Å². The van der Waals surface area contributed by atoms with Crippen molar-refractivity contribution in [3.63, 3.8) is 0 Å².